The van der Waals surface area contributed by atoms with Gasteiger partial charge in [-0.15, -0.1) is 0 Å². The molecule has 0 unspecified atom stereocenters. The van der Waals surface area contributed by atoms with Gasteiger partial charge >= 0.3 is 0 Å². The number of halogens is 1. The molecule has 34 heavy (non-hydrogen) atoms. The van der Waals surface area contributed by atoms with Gasteiger partial charge < -0.3 is 14.4 Å². The third-order valence-electron chi connectivity index (χ3n) is 5.68. The van der Waals surface area contributed by atoms with Crippen LogP contribution in [0.1, 0.15) is 50.8 Å². The van der Waals surface area contributed by atoms with E-state index in [0.717, 1.165) is 0 Å². The zero-order valence-electron chi connectivity index (χ0n) is 26.0. The first kappa shape index (κ1) is 14.9. The van der Waals surface area contributed by atoms with Gasteiger partial charge in [-0.2, -0.15) is 0 Å². The van der Waals surface area contributed by atoms with Crippen molar-refractivity contribution >= 4 is 17.7 Å². The lowest BCUT2D eigenvalue weighted by Crippen LogP contribution is -2.52. The molecule has 3 aliphatic heterocycles. The maximum Gasteiger partial charge on any atom is 0.255 e. The number of amides is 3. The molecule has 8 nitrogen and oxygen atoms in total. The maximum atomic E-state index is 15.3. The molecule has 178 valence electrons. The number of imide groups is 1. The largest absolute Gasteiger partial charge is 0.488 e. The van der Waals surface area contributed by atoms with E-state index in [1.165, 1.54) is 18.2 Å². The lowest BCUT2D eigenvalue weighted by molar-refractivity contribution is -0.136. The summed E-state index contributed by atoms with van der Waals surface area (Å²) < 4.78 is 92.3. The molecular weight excluding hydrogens is 441 g/mol. The Hall–Kier alpha value is -3.30. The Labute approximate surface area is 207 Å². The van der Waals surface area contributed by atoms with Crippen LogP contribution < -0.4 is 10.1 Å². The molecule has 2 aromatic rings. The van der Waals surface area contributed by atoms with E-state index in [2.05, 4.69) is 0 Å². The normalized spacial score (nSPS) is 29.4. The average molecular weight is 476 g/mol. The number of benzene rings is 2. The highest BCUT2D eigenvalue weighted by atomic mass is 19.1. The number of nitrogens with one attached hydrogen (secondary N) is 1. The Morgan fingerprint density at radius 1 is 1.26 bits per heavy atom. The number of rotatable bonds is 6. The Morgan fingerprint density at radius 2 is 2.09 bits per heavy atom. The lowest BCUT2D eigenvalue weighted by Gasteiger charge is -2.29. The summed E-state index contributed by atoms with van der Waals surface area (Å²) in [5, 5.41) is 1.64. The molecule has 3 amide bonds. The predicted octanol–water partition coefficient (Wildman–Crippen LogP) is 2.00. The standard InChI is InChI=1S/C25H26FN3O5/c26-20-12-16(13-28-8-10-33-11-9-28)4-5-17(20)15-34-22-3-1-2-18-19(22)14-29(25(18)32)21-6-7-23(30)27-24(21)31/h1-5,12,21H,6-11,13-15H2,(H,27,30,31)/t21-/m0/s1/i4D,5D,6D2,7D2,12D,21D. The average Bonchev–Trinajstić information content (AvgIpc) is 3.30. The quantitative estimate of drug-likeness (QED) is 0.643. The van der Waals surface area contributed by atoms with Crippen LogP contribution in [0.3, 0.4) is 0 Å². The molecule has 3 aliphatic rings. The van der Waals surface area contributed by atoms with E-state index in [-0.39, 0.29) is 40.6 Å². The van der Waals surface area contributed by atoms with Gasteiger partial charge in [0.1, 0.15) is 24.2 Å². The summed E-state index contributed by atoms with van der Waals surface area (Å²) in [6, 6.07) is -0.398. The highest BCUT2D eigenvalue weighted by molar-refractivity contribution is 6.05. The van der Waals surface area contributed by atoms with Gasteiger partial charge in [0.05, 0.1) is 25.2 Å². The second kappa shape index (κ2) is 9.52. The molecule has 2 fully saturated rings. The van der Waals surface area contributed by atoms with Crippen LogP contribution in [0.25, 0.3) is 0 Å². The van der Waals surface area contributed by atoms with Crippen LogP contribution in [0, 0.1) is 5.82 Å². The van der Waals surface area contributed by atoms with Gasteiger partial charge in [-0.25, -0.2) is 4.39 Å². The van der Waals surface area contributed by atoms with Crippen molar-refractivity contribution in [1.82, 2.24) is 15.1 Å². The van der Waals surface area contributed by atoms with E-state index < -0.39 is 67.5 Å². The maximum absolute atomic E-state index is 15.3. The van der Waals surface area contributed by atoms with E-state index in [1.807, 2.05) is 4.90 Å². The minimum atomic E-state index is -3.45. The van der Waals surface area contributed by atoms with Crippen LogP contribution in [0.4, 0.5) is 4.39 Å². The highest BCUT2D eigenvalue weighted by Crippen LogP contribution is 2.34. The first-order valence-corrected chi connectivity index (χ1v) is 10.6. The van der Waals surface area contributed by atoms with Gasteiger partial charge in [-0.3, -0.25) is 24.6 Å². The fraction of sp³-hybridized carbons (Fsp3) is 0.400. The van der Waals surface area contributed by atoms with Crippen molar-refractivity contribution in [2.45, 2.75) is 38.5 Å². The van der Waals surface area contributed by atoms with Crippen molar-refractivity contribution in [3.05, 3.63) is 64.4 Å². The Kier molecular flexibility index (Phi) is 4.16. The van der Waals surface area contributed by atoms with Crippen molar-refractivity contribution in [1.29, 1.82) is 0 Å². The number of hydrogen-bond donors (Lipinski definition) is 1. The second-order valence-corrected chi connectivity index (χ2v) is 7.88. The Balaban J connectivity index is 1.42. The number of nitrogens with zero attached hydrogens (tertiary/aromatic N) is 2. The lowest BCUT2D eigenvalue weighted by atomic mass is 10.0. The van der Waals surface area contributed by atoms with E-state index in [4.69, 9.17) is 20.4 Å². The number of morpholine rings is 1. The summed E-state index contributed by atoms with van der Waals surface area (Å²) in [7, 11) is 0. The van der Waals surface area contributed by atoms with Gasteiger partial charge in [-0.05, 0) is 30.1 Å². The number of piperidine rings is 1. The summed E-state index contributed by atoms with van der Waals surface area (Å²) in [5.74, 6) is -5.14. The Bertz CT molecular complexity index is 1470. The van der Waals surface area contributed by atoms with Crippen LogP contribution in [0.5, 0.6) is 5.75 Å². The van der Waals surface area contributed by atoms with Crippen molar-refractivity contribution < 1.29 is 39.2 Å². The van der Waals surface area contributed by atoms with Crippen molar-refractivity contribution in [2.75, 3.05) is 26.3 Å². The first-order valence-electron chi connectivity index (χ1n) is 14.6. The number of carbonyl (C=O) groups excluding carboxylic acids is 3. The number of ether oxygens (including phenoxy) is 2. The molecule has 0 bridgehead atoms. The minimum Gasteiger partial charge on any atom is -0.488 e. The van der Waals surface area contributed by atoms with Crippen LogP contribution in [-0.2, 0) is 34.0 Å². The number of carbonyl (C=O) groups is 3. The third kappa shape index (κ3) is 4.53. The fourth-order valence-electron chi connectivity index (χ4n) is 3.93. The highest BCUT2D eigenvalue weighted by Gasteiger charge is 2.40. The number of fused-ring (bicyclic) bond motifs is 1. The third-order valence-corrected chi connectivity index (χ3v) is 5.68. The molecule has 2 saturated heterocycles. The predicted molar refractivity (Wildman–Crippen MR) is 119 cm³/mol. The minimum absolute atomic E-state index is 0.0305. The van der Waals surface area contributed by atoms with Crippen molar-refractivity contribution in [3.8, 4) is 5.75 Å². The summed E-state index contributed by atoms with van der Waals surface area (Å²) in [5.41, 5.74) is -0.302. The SMILES string of the molecule is [2H]c1c([2H])c(COc2cccc3c2CN([C@]2([2H])C(=O)NC(=O)C([2H])([2H])C2([2H])[2H])C3=O)c(F)c([2H])c1CN1CCOCC1. The molecule has 0 spiro atoms. The molecule has 2 aromatic carbocycles. The van der Waals surface area contributed by atoms with E-state index in [9.17, 15) is 14.4 Å². The summed E-state index contributed by atoms with van der Waals surface area (Å²) in [6.07, 6.45) is -6.77. The smallest absolute Gasteiger partial charge is 0.255 e. The van der Waals surface area contributed by atoms with Gasteiger partial charge in [0.15, 0.2) is 0 Å². The van der Waals surface area contributed by atoms with E-state index in [1.54, 1.807) is 5.32 Å². The molecule has 3 heterocycles. The van der Waals surface area contributed by atoms with Gasteiger partial charge in [0.25, 0.3) is 5.91 Å². The zero-order valence-corrected chi connectivity index (χ0v) is 18.0. The molecule has 0 saturated carbocycles. The number of hydrogen-bond acceptors (Lipinski definition) is 6. The second-order valence-electron chi connectivity index (χ2n) is 7.88. The molecule has 1 N–H and O–H groups in total. The monoisotopic (exact) mass is 475 g/mol. The van der Waals surface area contributed by atoms with Crippen LogP contribution >= 0.6 is 0 Å². The summed E-state index contributed by atoms with van der Waals surface area (Å²) in [6.45, 7) is 0.934. The summed E-state index contributed by atoms with van der Waals surface area (Å²) in [4.78, 5) is 40.5. The summed E-state index contributed by atoms with van der Waals surface area (Å²) >= 11 is 0. The van der Waals surface area contributed by atoms with Gasteiger partial charge in [-0.1, -0.05) is 18.2 Å². The Morgan fingerprint density at radius 3 is 2.91 bits per heavy atom. The molecular formula is C25H26FN3O5. The molecule has 0 radical (unpaired) electrons. The molecule has 1 atom stereocenters. The molecule has 0 aromatic heterocycles. The molecule has 0 aliphatic carbocycles. The molecule has 5 rings (SSSR count). The van der Waals surface area contributed by atoms with E-state index in [0.29, 0.717) is 31.2 Å². The first-order chi connectivity index (χ1) is 19.6. The van der Waals surface area contributed by atoms with Crippen LogP contribution in [-0.4, -0.2) is 59.8 Å². The van der Waals surface area contributed by atoms with Crippen LogP contribution in [0.2, 0.25) is 0 Å². The molecule has 9 heteroatoms. The van der Waals surface area contributed by atoms with E-state index >= 15 is 4.39 Å². The van der Waals surface area contributed by atoms with Crippen molar-refractivity contribution in [3.63, 3.8) is 0 Å². The van der Waals surface area contributed by atoms with Gasteiger partial charge in [0, 0.05) is 48.2 Å². The van der Waals surface area contributed by atoms with Crippen LogP contribution in [0.15, 0.2) is 36.3 Å². The van der Waals surface area contributed by atoms with Gasteiger partial charge in [0.2, 0.25) is 11.8 Å². The van der Waals surface area contributed by atoms with Crippen molar-refractivity contribution in [2.24, 2.45) is 0 Å². The zero-order chi connectivity index (χ0) is 30.8. The fourth-order valence-corrected chi connectivity index (χ4v) is 3.93. The topological polar surface area (TPSA) is 88.2 Å².